The average Bonchev–Trinajstić information content (AvgIpc) is 2.28. The maximum atomic E-state index is 10.9. The smallest absolute Gasteiger partial charge is 0.309 e. The summed E-state index contributed by atoms with van der Waals surface area (Å²) in [5.41, 5.74) is -0.655. The topological polar surface area (TPSA) is 59.4 Å². The third-order valence-electron chi connectivity index (χ3n) is 2.72. The second-order valence-electron chi connectivity index (χ2n) is 4.83. The monoisotopic (exact) mass is 315 g/mol. The molecule has 18 heavy (non-hydrogen) atoms. The first-order chi connectivity index (χ1) is 8.42. The average molecular weight is 316 g/mol. The Kier molecular flexibility index (Phi) is 5.59. The van der Waals surface area contributed by atoms with Crippen molar-refractivity contribution >= 4 is 21.9 Å². The summed E-state index contributed by atoms with van der Waals surface area (Å²) in [7, 11) is 0. The van der Waals surface area contributed by atoms with Gasteiger partial charge in [0.05, 0.1) is 18.2 Å². The quantitative estimate of drug-likeness (QED) is 0.782. The van der Waals surface area contributed by atoms with Crippen molar-refractivity contribution in [3.63, 3.8) is 0 Å². The number of carboxylic acids is 1. The van der Waals surface area contributed by atoms with Crippen molar-refractivity contribution in [2.24, 2.45) is 5.41 Å². The number of nitrogens with zero attached hydrogens (tertiary/aromatic N) is 1. The van der Waals surface area contributed by atoms with Crippen molar-refractivity contribution in [3.05, 3.63) is 22.9 Å². The summed E-state index contributed by atoms with van der Waals surface area (Å²) in [6, 6.07) is 1.86. The van der Waals surface area contributed by atoms with Gasteiger partial charge >= 0.3 is 5.97 Å². The maximum absolute atomic E-state index is 10.9. The van der Waals surface area contributed by atoms with Crippen LogP contribution >= 0.6 is 15.9 Å². The van der Waals surface area contributed by atoms with Gasteiger partial charge in [-0.1, -0.05) is 0 Å². The first-order valence-electron chi connectivity index (χ1n) is 5.88. The number of ether oxygens (including phenoxy) is 1. The first kappa shape index (κ1) is 15.0. The number of halogens is 1. The highest BCUT2D eigenvalue weighted by molar-refractivity contribution is 9.10. The SMILES string of the molecule is CC(C)(CCCCOc1cncc(Br)c1)C(=O)O. The molecule has 0 saturated carbocycles. The van der Waals surface area contributed by atoms with Gasteiger partial charge in [0.2, 0.25) is 0 Å². The van der Waals surface area contributed by atoms with Crippen molar-refractivity contribution in [3.8, 4) is 5.75 Å². The number of pyridine rings is 1. The zero-order valence-corrected chi connectivity index (χ0v) is 12.2. The minimum atomic E-state index is -0.750. The van der Waals surface area contributed by atoms with Crippen LogP contribution in [0, 0.1) is 5.41 Å². The Balaban J connectivity index is 2.22. The fourth-order valence-corrected chi connectivity index (χ4v) is 1.78. The number of unbranched alkanes of at least 4 members (excludes halogenated alkanes) is 1. The molecule has 0 aliphatic rings. The van der Waals surface area contributed by atoms with Crippen molar-refractivity contribution in [2.45, 2.75) is 33.1 Å². The molecule has 0 fully saturated rings. The van der Waals surface area contributed by atoms with E-state index < -0.39 is 11.4 Å². The van der Waals surface area contributed by atoms with Gasteiger partial charge in [0, 0.05) is 10.7 Å². The zero-order chi connectivity index (χ0) is 13.6. The highest BCUT2D eigenvalue weighted by atomic mass is 79.9. The van der Waals surface area contributed by atoms with Gasteiger partial charge in [-0.3, -0.25) is 9.78 Å². The largest absolute Gasteiger partial charge is 0.492 e. The Morgan fingerprint density at radius 3 is 2.78 bits per heavy atom. The summed E-state index contributed by atoms with van der Waals surface area (Å²) in [5, 5.41) is 8.96. The molecule has 1 heterocycles. The van der Waals surface area contributed by atoms with Crippen LogP contribution in [0.15, 0.2) is 22.9 Å². The fraction of sp³-hybridized carbons (Fsp3) is 0.538. The summed E-state index contributed by atoms with van der Waals surface area (Å²) in [5.74, 6) is -0.0264. The van der Waals surface area contributed by atoms with Gasteiger partial charge in [-0.25, -0.2) is 0 Å². The van der Waals surface area contributed by atoms with Gasteiger partial charge in [-0.15, -0.1) is 0 Å². The van der Waals surface area contributed by atoms with Gasteiger partial charge in [0.1, 0.15) is 5.75 Å². The van der Waals surface area contributed by atoms with Crippen LogP contribution < -0.4 is 4.74 Å². The van der Waals surface area contributed by atoms with Crippen LogP contribution in [-0.2, 0) is 4.79 Å². The van der Waals surface area contributed by atoms with Crippen LogP contribution in [0.3, 0.4) is 0 Å². The highest BCUT2D eigenvalue weighted by Gasteiger charge is 2.25. The van der Waals surface area contributed by atoms with Crippen LogP contribution in [-0.4, -0.2) is 22.7 Å². The van der Waals surface area contributed by atoms with E-state index in [4.69, 9.17) is 9.84 Å². The fourth-order valence-electron chi connectivity index (χ4n) is 1.44. The van der Waals surface area contributed by atoms with Crippen LogP contribution in [0.25, 0.3) is 0 Å². The molecule has 0 aliphatic heterocycles. The van der Waals surface area contributed by atoms with Crippen LogP contribution in [0.4, 0.5) is 0 Å². The lowest BCUT2D eigenvalue weighted by Gasteiger charge is -2.18. The Hall–Kier alpha value is -1.10. The maximum Gasteiger partial charge on any atom is 0.309 e. The summed E-state index contributed by atoms with van der Waals surface area (Å²) in [4.78, 5) is 14.9. The van der Waals surface area contributed by atoms with E-state index in [1.54, 1.807) is 26.2 Å². The molecule has 0 amide bonds. The lowest BCUT2D eigenvalue weighted by Crippen LogP contribution is -2.23. The molecule has 1 N–H and O–H groups in total. The van der Waals surface area contributed by atoms with E-state index in [-0.39, 0.29) is 0 Å². The van der Waals surface area contributed by atoms with E-state index in [2.05, 4.69) is 20.9 Å². The molecule has 100 valence electrons. The normalized spacial score (nSPS) is 11.3. The Morgan fingerprint density at radius 1 is 1.44 bits per heavy atom. The first-order valence-corrected chi connectivity index (χ1v) is 6.68. The number of hydrogen-bond acceptors (Lipinski definition) is 3. The molecular formula is C13H18BrNO3. The molecule has 5 heteroatoms. The van der Waals surface area contributed by atoms with E-state index in [1.165, 1.54) is 0 Å². The molecule has 4 nitrogen and oxygen atoms in total. The molecule has 0 saturated heterocycles. The Morgan fingerprint density at radius 2 is 2.17 bits per heavy atom. The molecule has 0 radical (unpaired) electrons. The lowest BCUT2D eigenvalue weighted by atomic mass is 9.87. The predicted molar refractivity (Wildman–Crippen MR) is 72.7 cm³/mol. The molecule has 1 rings (SSSR count). The molecule has 1 aromatic heterocycles. The van der Waals surface area contributed by atoms with Crippen LogP contribution in [0.1, 0.15) is 33.1 Å². The van der Waals surface area contributed by atoms with Crippen LogP contribution in [0.2, 0.25) is 0 Å². The number of hydrogen-bond donors (Lipinski definition) is 1. The van der Waals surface area contributed by atoms with E-state index in [0.717, 1.165) is 23.1 Å². The van der Waals surface area contributed by atoms with Crippen molar-refractivity contribution in [2.75, 3.05) is 6.61 Å². The molecule has 0 atom stereocenters. The molecular weight excluding hydrogens is 298 g/mol. The summed E-state index contributed by atoms with van der Waals surface area (Å²) >= 11 is 3.32. The van der Waals surface area contributed by atoms with Gasteiger partial charge in [-0.05, 0) is 55.1 Å². The van der Waals surface area contributed by atoms with Crippen LogP contribution in [0.5, 0.6) is 5.75 Å². The molecule has 0 aromatic carbocycles. The van der Waals surface area contributed by atoms with E-state index >= 15 is 0 Å². The number of aliphatic carboxylic acids is 1. The molecule has 0 bridgehead atoms. The molecule has 0 spiro atoms. The summed E-state index contributed by atoms with van der Waals surface area (Å²) in [6.07, 6.45) is 5.68. The standard InChI is InChI=1S/C13H18BrNO3/c1-13(2,12(16)17)5-3-4-6-18-11-7-10(14)8-15-9-11/h7-9H,3-6H2,1-2H3,(H,16,17). The van der Waals surface area contributed by atoms with Crippen molar-refractivity contribution in [1.82, 2.24) is 4.98 Å². The van der Waals surface area contributed by atoms with Gasteiger partial charge in [0.25, 0.3) is 0 Å². The van der Waals surface area contributed by atoms with Gasteiger partial charge in [-0.2, -0.15) is 0 Å². The summed E-state index contributed by atoms with van der Waals surface area (Å²) < 4.78 is 6.40. The van der Waals surface area contributed by atoms with Crippen molar-refractivity contribution < 1.29 is 14.6 Å². The third kappa shape index (κ3) is 5.04. The van der Waals surface area contributed by atoms with E-state index in [0.29, 0.717) is 13.0 Å². The number of aromatic nitrogens is 1. The molecule has 1 aromatic rings. The predicted octanol–water partition coefficient (Wildman–Crippen LogP) is 3.50. The Labute approximate surface area is 116 Å². The molecule has 0 unspecified atom stereocenters. The second-order valence-corrected chi connectivity index (χ2v) is 5.75. The number of carbonyl (C=O) groups is 1. The second kappa shape index (κ2) is 6.73. The zero-order valence-electron chi connectivity index (χ0n) is 10.6. The van der Waals surface area contributed by atoms with E-state index in [9.17, 15) is 4.79 Å². The lowest BCUT2D eigenvalue weighted by molar-refractivity contribution is -0.147. The number of rotatable bonds is 7. The summed E-state index contributed by atoms with van der Waals surface area (Å²) in [6.45, 7) is 4.07. The number of carboxylic acid groups (broad SMARTS) is 1. The van der Waals surface area contributed by atoms with E-state index in [1.807, 2.05) is 6.07 Å². The van der Waals surface area contributed by atoms with Gasteiger partial charge < -0.3 is 9.84 Å². The highest BCUT2D eigenvalue weighted by Crippen LogP contribution is 2.23. The molecule has 0 aliphatic carbocycles. The van der Waals surface area contributed by atoms with Gasteiger partial charge in [0.15, 0.2) is 0 Å². The minimum absolute atomic E-state index is 0.577. The third-order valence-corrected chi connectivity index (χ3v) is 3.16. The van der Waals surface area contributed by atoms with Crippen molar-refractivity contribution in [1.29, 1.82) is 0 Å². The Bertz CT molecular complexity index is 407. The minimum Gasteiger partial charge on any atom is -0.492 e.